The van der Waals surface area contributed by atoms with Gasteiger partial charge in [-0.25, -0.2) is 0 Å². The summed E-state index contributed by atoms with van der Waals surface area (Å²) in [6, 6.07) is 1.22. The van der Waals surface area contributed by atoms with Crippen molar-refractivity contribution in [3.63, 3.8) is 0 Å². The number of nitrogens with one attached hydrogen (secondary N) is 1. The highest BCUT2D eigenvalue weighted by Crippen LogP contribution is 2.10. The van der Waals surface area contributed by atoms with E-state index in [-0.39, 0.29) is 0 Å². The van der Waals surface area contributed by atoms with E-state index in [2.05, 4.69) is 24.1 Å². The summed E-state index contributed by atoms with van der Waals surface area (Å²) in [4.78, 5) is 2.51. The van der Waals surface area contributed by atoms with E-state index < -0.39 is 0 Å². The number of rotatable bonds is 6. The highest BCUT2D eigenvalue weighted by Gasteiger charge is 2.18. The van der Waals surface area contributed by atoms with Crippen LogP contribution in [-0.2, 0) is 4.74 Å². The second-order valence-electron chi connectivity index (χ2n) is 4.54. The molecule has 1 fully saturated rings. The number of piperidine rings is 1. The van der Waals surface area contributed by atoms with Crippen molar-refractivity contribution in [2.75, 3.05) is 33.4 Å². The molecule has 2 atom stereocenters. The summed E-state index contributed by atoms with van der Waals surface area (Å²) in [6.07, 6.45) is 4.06. The van der Waals surface area contributed by atoms with Crippen LogP contribution in [0, 0.1) is 0 Å². The minimum absolute atomic E-state index is 0.531. The van der Waals surface area contributed by atoms with Gasteiger partial charge >= 0.3 is 0 Å². The number of nitrogens with zero attached hydrogens (tertiary/aromatic N) is 1. The van der Waals surface area contributed by atoms with Gasteiger partial charge in [-0.2, -0.15) is 0 Å². The molecule has 1 rings (SSSR count). The van der Waals surface area contributed by atoms with Crippen molar-refractivity contribution >= 4 is 0 Å². The Morgan fingerprint density at radius 1 is 1.47 bits per heavy atom. The van der Waals surface area contributed by atoms with E-state index in [1.165, 1.54) is 32.4 Å². The second-order valence-corrected chi connectivity index (χ2v) is 4.54. The van der Waals surface area contributed by atoms with Crippen molar-refractivity contribution in [1.29, 1.82) is 0 Å². The van der Waals surface area contributed by atoms with E-state index in [9.17, 15) is 0 Å². The Morgan fingerprint density at radius 3 is 2.80 bits per heavy atom. The molecule has 3 heteroatoms. The van der Waals surface area contributed by atoms with Gasteiger partial charge in [0.05, 0.1) is 6.61 Å². The van der Waals surface area contributed by atoms with Crippen LogP contribution in [0.2, 0.25) is 0 Å². The van der Waals surface area contributed by atoms with Crippen LogP contribution in [0.15, 0.2) is 0 Å². The monoisotopic (exact) mass is 214 g/mol. The van der Waals surface area contributed by atoms with E-state index >= 15 is 0 Å². The quantitative estimate of drug-likeness (QED) is 0.725. The fourth-order valence-corrected chi connectivity index (χ4v) is 2.33. The first kappa shape index (κ1) is 12.9. The number of methoxy groups -OCH3 is 1. The van der Waals surface area contributed by atoms with E-state index in [1.807, 2.05) is 0 Å². The molecule has 0 saturated carbocycles. The molecule has 1 aliphatic rings. The van der Waals surface area contributed by atoms with E-state index in [4.69, 9.17) is 4.74 Å². The summed E-state index contributed by atoms with van der Waals surface area (Å²) in [7, 11) is 1.78. The minimum atomic E-state index is 0.531. The van der Waals surface area contributed by atoms with Gasteiger partial charge in [0.15, 0.2) is 0 Å². The van der Waals surface area contributed by atoms with Crippen LogP contribution in [-0.4, -0.2) is 50.3 Å². The van der Waals surface area contributed by atoms with Gasteiger partial charge in [0.1, 0.15) is 0 Å². The molecule has 0 aromatic carbocycles. The Hall–Kier alpha value is -0.120. The fraction of sp³-hybridized carbons (Fsp3) is 1.00. The minimum Gasteiger partial charge on any atom is -0.383 e. The average Bonchev–Trinajstić information content (AvgIpc) is 2.27. The third kappa shape index (κ3) is 4.49. The lowest BCUT2D eigenvalue weighted by Crippen LogP contribution is -2.47. The normalized spacial score (nSPS) is 24.4. The molecule has 1 saturated heterocycles. The van der Waals surface area contributed by atoms with Crippen molar-refractivity contribution in [3.8, 4) is 0 Å². The number of hydrogen-bond donors (Lipinski definition) is 1. The molecule has 0 radical (unpaired) electrons. The van der Waals surface area contributed by atoms with Gasteiger partial charge in [-0.1, -0.05) is 13.3 Å². The second kappa shape index (κ2) is 7.20. The highest BCUT2D eigenvalue weighted by molar-refractivity contribution is 4.78. The summed E-state index contributed by atoms with van der Waals surface area (Å²) in [5.41, 5.74) is 0. The van der Waals surface area contributed by atoms with Crippen molar-refractivity contribution < 1.29 is 4.74 Å². The summed E-state index contributed by atoms with van der Waals surface area (Å²) < 4.78 is 5.21. The van der Waals surface area contributed by atoms with Crippen LogP contribution >= 0.6 is 0 Å². The van der Waals surface area contributed by atoms with Crippen LogP contribution < -0.4 is 5.32 Å². The Labute approximate surface area is 94.2 Å². The molecule has 1 heterocycles. The molecule has 0 amide bonds. The predicted molar refractivity (Wildman–Crippen MR) is 64.2 cm³/mol. The Morgan fingerprint density at radius 2 is 2.27 bits per heavy atom. The Balaban J connectivity index is 2.30. The van der Waals surface area contributed by atoms with Crippen LogP contribution in [0.4, 0.5) is 0 Å². The molecule has 0 spiro atoms. The van der Waals surface area contributed by atoms with E-state index in [0.29, 0.717) is 12.1 Å². The van der Waals surface area contributed by atoms with E-state index in [0.717, 1.165) is 13.2 Å². The molecule has 3 nitrogen and oxygen atoms in total. The van der Waals surface area contributed by atoms with Crippen molar-refractivity contribution in [2.24, 2.45) is 0 Å². The smallest absolute Gasteiger partial charge is 0.0615 e. The number of ether oxygens (including phenoxy) is 1. The zero-order chi connectivity index (χ0) is 11.1. The molecule has 1 N–H and O–H groups in total. The molecule has 0 aromatic rings. The van der Waals surface area contributed by atoms with Gasteiger partial charge in [0, 0.05) is 25.7 Å². The highest BCUT2D eigenvalue weighted by atomic mass is 16.5. The first-order valence-electron chi connectivity index (χ1n) is 6.24. The van der Waals surface area contributed by atoms with Gasteiger partial charge in [-0.05, 0) is 32.9 Å². The largest absolute Gasteiger partial charge is 0.383 e. The first-order chi connectivity index (χ1) is 7.27. The summed E-state index contributed by atoms with van der Waals surface area (Å²) in [6.45, 7) is 8.79. The third-order valence-electron chi connectivity index (χ3n) is 3.30. The molecule has 90 valence electrons. The van der Waals surface area contributed by atoms with Crippen LogP contribution in [0.1, 0.15) is 33.1 Å². The lowest BCUT2D eigenvalue weighted by molar-refractivity contribution is 0.0929. The van der Waals surface area contributed by atoms with Gasteiger partial charge < -0.3 is 10.1 Å². The number of hydrogen-bond acceptors (Lipinski definition) is 3. The summed E-state index contributed by atoms with van der Waals surface area (Å²) in [5, 5.41) is 3.60. The molecule has 0 bridgehead atoms. The lowest BCUT2D eigenvalue weighted by Gasteiger charge is -2.33. The van der Waals surface area contributed by atoms with Crippen molar-refractivity contribution in [1.82, 2.24) is 10.2 Å². The maximum atomic E-state index is 5.21. The molecular formula is C12H26N2O. The standard InChI is InChI=1S/C12H26N2O/c1-4-14(11(2)10-15-3)9-12-7-5-6-8-13-12/h11-13H,4-10H2,1-3H3. The van der Waals surface area contributed by atoms with Gasteiger partial charge in [-0.15, -0.1) is 0 Å². The Kier molecular flexibility index (Phi) is 6.22. The Bertz CT molecular complexity index is 158. The van der Waals surface area contributed by atoms with Gasteiger partial charge in [0.25, 0.3) is 0 Å². The molecular weight excluding hydrogens is 188 g/mol. The summed E-state index contributed by atoms with van der Waals surface area (Å²) in [5.74, 6) is 0. The first-order valence-corrected chi connectivity index (χ1v) is 6.24. The topological polar surface area (TPSA) is 24.5 Å². The molecule has 0 aromatic heterocycles. The van der Waals surface area contributed by atoms with E-state index in [1.54, 1.807) is 7.11 Å². The van der Waals surface area contributed by atoms with Crippen LogP contribution in [0.5, 0.6) is 0 Å². The maximum Gasteiger partial charge on any atom is 0.0615 e. The maximum absolute atomic E-state index is 5.21. The zero-order valence-corrected chi connectivity index (χ0v) is 10.5. The zero-order valence-electron chi connectivity index (χ0n) is 10.5. The van der Waals surface area contributed by atoms with Crippen molar-refractivity contribution in [3.05, 3.63) is 0 Å². The van der Waals surface area contributed by atoms with Crippen molar-refractivity contribution in [2.45, 2.75) is 45.2 Å². The fourth-order valence-electron chi connectivity index (χ4n) is 2.33. The summed E-state index contributed by atoms with van der Waals surface area (Å²) >= 11 is 0. The number of likely N-dealkylation sites (N-methyl/N-ethyl adjacent to an activating group) is 1. The average molecular weight is 214 g/mol. The lowest BCUT2D eigenvalue weighted by atomic mass is 10.0. The van der Waals surface area contributed by atoms with Gasteiger partial charge in [0.2, 0.25) is 0 Å². The van der Waals surface area contributed by atoms with Gasteiger partial charge in [-0.3, -0.25) is 4.90 Å². The molecule has 0 aliphatic carbocycles. The molecule has 1 aliphatic heterocycles. The third-order valence-corrected chi connectivity index (χ3v) is 3.30. The predicted octanol–water partition coefficient (Wildman–Crippen LogP) is 1.49. The molecule has 2 unspecified atom stereocenters. The SMILES string of the molecule is CCN(CC1CCCCN1)C(C)COC. The van der Waals surface area contributed by atoms with Crippen LogP contribution in [0.25, 0.3) is 0 Å². The van der Waals surface area contributed by atoms with Crippen LogP contribution in [0.3, 0.4) is 0 Å². The molecule has 15 heavy (non-hydrogen) atoms.